The van der Waals surface area contributed by atoms with E-state index < -0.39 is 7.82 Å². The van der Waals surface area contributed by atoms with E-state index in [0.29, 0.717) is 0 Å². The molecule has 17 heavy (non-hydrogen) atoms. The van der Waals surface area contributed by atoms with Gasteiger partial charge in [0.2, 0.25) is 0 Å². The van der Waals surface area contributed by atoms with Gasteiger partial charge in [-0.15, -0.1) is 0 Å². The molecular formula is H25Na2O14P. The van der Waals surface area contributed by atoms with Crippen molar-refractivity contribution in [3.63, 3.8) is 0 Å². The van der Waals surface area contributed by atoms with E-state index in [4.69, 9.17) is 19.2 Å². The second kappa shape index (κ2) is 83.2. The first-order valence-electron chi connectivity index (χ1n) is 0.783. The van der Waals surface area contributed by atoms with Crippen LogP contribution in [0.4, 0.5) is 0 Å². The molecule has 23 N–H and O–H groups in total. The molecule has 14 nitrogen and oxygen atoms in total. The van der Waals surface area contributed by atoms with Crippen LogP contribution < -0.4 is 59.1 Å². The molecule has 0 unspecified atom stereocenters. The summed E-state index contributed by atoms with van der Waals surface area (Å²) >= 11 is 0. The quantitative estimate of drug-likeness (QED) is 0.288. The molecule has 0 radical (unpaired) electrons. The van der Waals surface area contributed by atoms with E-state index in [1.165, 1.54) is 0 Å². The zero-order valence-corrected chi connectivity index (χ0v) is 14.1. The predicted molar refractivity (Wildman–Crippen MR) is 52.6 cm³/mol. The van der Waals surface area contributed by atoms with Gasteiger partial charge in [0.05, 0.1) is 0 Å². The maximum Gasteiger partial charge on any atom is 1.00 e. The van der Waals surface area contributed by atoms with Gasteiger partial charge in [-0.05, 0) is 0 Å². The van der Waals surface area contributed by atoms with Gasteiger partial charge in [0, 0.05) is 0 Å². The van der Waals surface area contributed by atoms with Crippen LogP contribution >= 0.6 is 7.82 Å². The summed E-state index contributed by atoms with van der Waals surface area (Å²) < 4.78 is 8.88. The normalized spacial score (nSPS) is 3.47. The largest absolute Gasteiger partial charge is 1.00 e. The van der Waals surface area contributed by atoms with Gasteiger partial charge in [-0.3, -0.25) is 0 Å². The first-order chi connectivity index (χ1) is 2.00. The monoisotopic (exact) mass is 326 g/mol. The standard InChI is InChI=1S/2Na.H3O4P.10H2O.2H/c;;1-5(2,3)4;;;;;;;;;;;;/h;;(H3,1,2,3,4);10*1H2;;/q2*+1;;;;;;;;;;;;2*-1. The Morgan fingerprint density at radius 1 is 0.529 bits per heavy atom. The molecule has 0 saturated heterocycles. The minimum absolute atomic E-state index is 0. The Bertz CT molecular complexity index is 69.6. The van der Waals surface area contributed by atoms with E-state index in [0.717, 1.165) is 0 Å². The van der Waals surface area contributed by atoms with Crippen LogP contribution in [0.25, 0.3) is 0 Å². The van der Waals surface area contributed by atoms with E-state index in [1.807, 2.05) is 0 Å². The Balaban J connectivity index is -0.000000000879. The van der Waals surface area contributed by atoms with Crippen molar-refractivity contribution in [1.82, 2.24) is 0 Å². The number of rotatable bonds is 0. The first-order valence-corrected chi connectivity index (χ1v) is 2.35. The van der Waals surface area contributed by atoms with Gasteiger partial charge in [0.15, 0.2) is 0 Å². The summed E-state index contributed by atoms with van der Waals surface area (Å²) in [6, 6.07) is 0. The summed E-state index contributed by atoms with van der Waals surface area (Å²) in [6.45, 7) is 0. The molecule has 0 aromatic rings. The molecule has 0 saturated carbocycles. The van der Waals surface area contributed by atoms with Crippen molar-refractivity contribution >= 4 is 7.82 Å². The summed E-state index contributed by atoms with van der Waals surface area (Å²) in [6.07, 6.45) is 0. The van der Waals surface area contributed by atoms with Crippen molar-refractivity contribution in [3.8, 4) is 0 Å². The maximum absolute atomic E-state index is 8.88. The molecule has 0 aromatic heterocycles. The van der Waals surface area contributed by atoms with Gasteiger partial charge in [0.25, 0.3) is 0 Å². The Morgan fingerprint density at radius 2 is 0.529 bits per heavy atom. The van der Waals surface area contributed by atoms with E-state index in [9.17, 15) is 0 Å². The van der Waals surface area contributed by atoms with E-state index in [1.54, 1.807) is 0 Å². The molecule has 0 aliphatic rings. The third kappa shape index (κ3) is 1490. The molecule has 0 atom stereocenters. The molecule has 0 fully saturated rings. The molecule has 0 bridgehead atoms. The zero-order chi connectivity index (χ0) is 4.50. The van der Waals surface area contributed by atoms with Crippen LogP contribution in [0.1, 0.15) is 2.85 Å². The van der Waals surface area contributed by atoms with Gasteiger partial charge >= 0.3 is 66.9 Å². The minimum Gasteiger partial charge on any atom is -1.00 e. The van der Waals surface area contributed by atoms with Crippen LogP contribution in [0.3, 0.4) is 0 Å². The molecule has 116 valence electrons. The summed E-state index contributed by atoms with van der Waals surface area (Å²) in [5.41, 5.74) is 0. The van der Waals surface area contributed by atoms with Gasteiger partial charge in [0.1, 0.15) is 0 Å². The third-order valence-corrected chi connectivity index (χ3v) is 0. The summed E-state index contributed by atoms with van der Waals surface area (Å²) in [7, 11) is -4.64. The van der Waals surface area contributed by atoms with Gasteiger partial charge < -0.3 is 72.3 Å². The van der Waals surface area contributed by atoms with Crippen molar-refractivity contribution in [2.24, 2.45) is 0 Å². The fourth-order valence-corrected chi connectivity index (χ4v) is 0. The molecule has 0 heterocycles. The van der Waals surface area contributed by atoms with Crippen LogP contribution in [-0.4, -0.2) is 69.4 Å². The van der Waals surface area contributed by atoms with Gasteiger partial charge in [-0.1, -0.05) is 0 Å². The fourth-order valence-electron chi connectivity index (χ4n) is 0. The van der Waals surface area contributed by atoms with Crippen LogP contribution in [0.2, 0.25) is 0 Å². The molecule has 0 amide bonds. The Hall–Kier alpha value is 1.71. The van der Waals surface area contributed by atoms with Gasteiger partial charge in [-0.25, -0.2) is 4.57 Å². The average molecular weight is 326 g/mol. The molecule has 0 aliphatic heterocycles. The van der Waals surface area contributed by atoms with Crippen molar-refractivity contribution in [2.45, 2.75) is 0 Å². The summed E-state index contributed by atoms with van der Waals surface area (Å²) in [4.78, 5) is 21.6. The Morgan fingerprint density at radius 3 is 0.529 bits per heavy atom. The fraction of sp³-hybridized carbons (Fsp3) is 0. The molecule has 0 aromatic carbocycles. The van der Waals surface area contributed by atoms with Gasteiger partial charge in [-0.2, -0.15) is 0 Å². The van der Waals surface area contributed by atoms with Crippen LogP contribution in [0.15, 0.2) is 0 Å². The second-order valence-electron chi connectivity index (χ2n) is 0.513. The van der Waals surface area contributed by atoms with Crippen LogP contribution in [0.5, 0.6) is 0 Å². The van der Waals surface area contributed by atoms with Crippen LogP contribution in [0, 0.1) is 0 Å². The predicted octanol–water partition coefficient (Wildman–Crippen LogP) is -14.9. The van der Waals surface area contributed by atoms with Crippen molar-refractivity contribution in [3.05, 3.63) is 0 Å². The maximum atomic E-state index is 8.88. The molecular weight excluding hydrogens is 301 g/mol. The smallest absolute Gasteiger partial charge is 1.00 e. The first kappa shape index (κ1) is 180. The molecule has 17 heteroatoms. The van der Waals surface area contributed by atoms with E-state index in [2.05, 4.69) is 0 Å². The molecule has 0 rings (SSSR count). The summed E-state index contributed by atoms with van der Waals surface area (Å²) in [5, 5.41) is 0. The summed E-state index contributed by atoms with van der Waals surface area (Å²) in [5.74, 6) is 0. The van der Waals surface area contributed by atoms with E-state index >= 15 is 0 Å². The molecule has 0 spiro atoms. The number of phosphoric acid groups is 1. The Labute approximate surface area is 143 Å². The Kier molecular flexibility index (Phi) is 881. The topological polar surface area (TPSA) is 393 Å². The van der Waals surface area contributed by atoms with Crippen molar-refractivity contribution < 1.29 is 136 Å². The zero-order valence-electron chi connectivity index (χ0n) is 11.2. The molecule has 0 aliphatic carbocycles. The van der Waals surface area contributed by atoms with Crippen LogP contribution in [-0.2, 0) is 4.57 Å². The average Bonchev–Trinajstić information content (AvgIpc) is 0.722. The SMILES string of the molecule is O.O.O.O.O.O.O.O.O.O.O=P(O)(O)O.[H-].[H-].[Na+].[Na+]. The van der Waals surface area contributed by atoms with Crippen molar-refractivity contribution in [2.75, 3.05) is 0 Å². The number of hydrogen-bond acceptors (Lipinski definition) is 1. The minimum atomic E-state index is -4.64. The second-order valence-corrected chi connectivity index (χ2v) is 1.54. The van der Waals surface area contributed by atoms with Crippen molar-refractivity contribution in [1.29, 1.82) is 0 Å². The third-order valence-electron chi connectivity index (χ3n) is 0. The number of hydrogen-bond donors (Lipinski definition) is 3. The van der Waals surface area contributed by atoms with E-state index in [-0.39, 0.29) is 117 Å².